The normalized spacial score (nSPS) is 16.3. The quantitative estimate of drug-likeness (QED) is 0.507. The fraction of sp³-hybridized carbons (Fsp3) is 0.455. The van der Waals surface area contributed by atoms with Gasteiger partial charge in [0.1, 0.15) is 10.6 Å². The molecule has 0 unspecified atom stereocenters. The lowest BCUT2D eigenvalue weighted by molar-refractivity contribution is -0.274. The van der Waals surface area contributed by atoms with E-state index in [0.717, 1.165) is 51.9 Å². The summed E-state index contributed by atoms with van der Waals surface area (Å²) in [6.07, 6.45) is 0.0194. The molecule has 2 aromatic heterocycles. The summed E-state index contributed by atoms with van der Waals surface area (Å²) in [4.78, 5) is 19.4. The van der Waals surface area contributed by atoms with Gasteiger partial charge in [0.15, 0.2) is 0 Å². The standard InChI is InChI=1S/C22H24F3N3O3S/c1-30-9-3-8-28-13-27-20-19(21(28)29)17-7-6-15(11-18(17)32-20)26-12-14-4-2-5-16(10-14)31-22(23,24)25/h2,4-5,10,13,15,26H,3,6-9,11-12H2,1H3/t15-/m0/s1. The predicted molar refractivity (Wildman–Crippen MR) is 116 cm³/mol. The second kappa shape index (κ2) is 9.60. The van der Waals surface area contributed by atoms with E-state index in [2.05, 4.69) is 15.0 Å². The van der Waals surface area contributed by atoms with Crippen molar-refractivity contribution in [3.63, 3.8) is 0 Å². The summed E-state index contributed by atoms with van der Waals surface area (Å²) in [6, 6.07) is 6.17. The Morgan fingerprint density at radius 2 is 2.19 bits per heavy atom. The first-order valence-electron chi connectivity index (χ1n) is 10.4. The summed E-state index contributed by atoms with van der Waals surface area (Å²) < 4.78 is 48.0. The van der Waals surface area contributed by atoms with E-state index < -0.39 is 6.36 Å². The van der Waals surface area contributed by atoms with Crippen molar-refractivity contribution in [2.45, 2.75) is 51.2 Å². The third-order valence-electron chi connectivity index (χ3n) is 5.51. The van der Waals surface area contributed by atoms with Gasteiger partial charge in [0.2, 0.25) is 0 Å². The van der Waals surface area contributed by atoms with Gasteiger partial charge in [0, 0.05) is 37.7 Å². The number of rotatable bonds is 8. The third-order valence-corrected chi connectivity index (χ3v) is 6.67. The molecule has 0 saturated carbocycles. The molecule has 0 saturated heterocycles. The molecular weight excluding hydrogens is 443 g/mol. The lowest BCUT2D eigenvalue weighted by Gasteiger charge is -2.23. The smallest absolute Gasteiger partial charge is 0.406 e. The average Bonchev–Trinajstić information content (AvgIpc) is 3.11. The molecule has 1 aliphatic carbocycles. The fourth-order valence-corrected chi connectivity index (χ4v) is 5.29. The zero-order chi connectivity index (χ0) is 22.7. The lowest BCUT2D eigenvalue weighted by Crippen LogP contribution is -2.33. The highest BCUT2D eigenvalue weighted by molar-refractivity contribution is 7.18. The number of methoxy groups -OCH3 is 1. The first kappa shape index (κ1) is 22.8. The minimum atomic E-state index is -4.70. The number of fused-ring (bicyclic) bond motifs is 3. The van der Waals surface area contributed by atoms with Crippen LogP contribution in [0, 0.1) is 0 Å². The van der Waals surface area contributed by atoms with Gasteiger partial charge in [-0.2, -0.15) is 0 Å². The van der Waals surface area contributed by atoms with Crippen molar-refractivity contribution >= 4 is 21.6 Å². The van der Waals surface area contributed by atoms with Crippen molar-refractivity contribution in [1.82, 2.24) is 14.9 Å². The monoisotopic (exact) mass is 467 g/mol. The molecule has 4 rings (SSSR count). The molecule has 0 amide bonds. The molecule has 3 aromatic rings. The van der Waals surface area contributed by atoms with E-state index >= 15 is 0 Å². The van der Waals surface area contributed by atoms with Gasteiger partial charge in [0.25, 0.3) is 5.56 Å². The lowest BCUT2D eigenvalue weighted by atomic mass is 9.93. The number of alkyl halides is 3. The van der Waals surface area contributed by atoms with Gasteiger partial charge >= 0.3 is 6.36 Å². The molecule has 0 fully saturated rings. The van der Waals surface area contributed by atoms with E-state index in [4.69, 9.17) is 4.74 Å². The number of benzene rings is 1. The maximum Gasteiger partial charge on any atom is 0.573 e. The number of ether oxygens (including phenoxy) is 2. The Hall–Kier alpha value is -2.43. The van der Waals surface area contributed by atoms with Gasteiger partial charge in [-0.3, -0.25) is 9.36 Å². The second-order valence-corrected chi connectivity index (χ2v) is 8.87. The third kappa shape index (κ3) is 5.31. The molecule has 6 nitrogen and oxygen atoms in total. The highest BCUT2D eigenvalue weighted by atomic mass is 32.1. The molecule has 1 aliphatic rings. The Morgan fingerprint density at radius 1 is 1.34 bits per heavy atom. The molecular formula is C22H24F3N3O3S. The molecule has 32 heavy (non-hydrogen) atoms. The van der Waals surface area contributed by atoms with Crippen LogP contribution in [0.15, 0.2) is 35.4 Å². The topological polar surface area (TPSA) is 65.4 Å². The van der Waals surface area contributed by atoms with Gasteiger partial charge in [-0.1, -0.05) is 12.1 Å². The molecule has 0 spiro atoms. The second-order valence-electron chi connectivity index (χ2n) is 7.79. The van der Waals surface area contributed by atoms with Crippen molar-refractivity contribution in [3.8, 4) is 5.75 Å². The highest BCUT2D eigenvalue weighted by Gasteiger charge is 2.31. The number of nitrogens with zero attached hydrogens (tertiary/aromatic N) is 2. The molecule has 0 aliphatic heterocycles. The number of thiophene rings is 1. The number of halogens is 3. The van der Waals surface area contributed by atoms with Crippen LogP contribution in [0.4, 0.5) is 13.2 Å². The first-order valence-corrected chi connectivity index (χ1v) is 11.2. The molecule has 0 radical (unpaired) electrons. The summed E-state index contributed by atoms with van der Waals surface area (Å²) in [5.74, 6) is -0.222. The molecule has 1 N–H and O–H groups in total. The van der Waals surface area contributed by atoms with Crippen LogP contribution in [0.5, 0.6) is 5.75 Å². The first-order chi connectivity index (χ1) is 15.3. The molecule has 1 aromatic carbocycles. The zero-order valence-corrected chi connectivity index (χ0v) is 18.4. The van der Waals surface area contributed by atoms with Crippen LogP contribution in [-0.2, 0) is 30.7 Å². The van der Waals surface area contributed by atoms with Crippen LogP contribution in [0.25, 0.3) is 10.2 Å². The predicted octanol–water partition coefficient (Wildman–Crippen LogP) is 4.04. The van der Waals surface area contributed by atoms with Gasteiger partial charge in [-0.15, -0.1) is 24.5 Å². The van der Waals surface area contributed by atoms with Crippen molar-refractivity contribution < 1.29 is 22.6 Å². The Kier molecular flexibility index (Phi) is 6.82. The Bertz CT molecular complexity index is 1140. The molecule has 0 bridgehead atoms. The van der Waals surface area contributed by atoms with E-state index in [0.29, 0.717) is 19.7 Å². The van der Waals surface area contributed by atoms with Gasteiger partial charge < -0.3 is 14.8 Å². The van der Waals surface area contributed by atoms with Crippen LogP contribution < -0.4 is 15.6 Å². The van der Waals surface area contributed by atoms with Gasteiger partial charge in [0.05, 0.1) is 11.7 Å². The Balaban J connectivity index is 1.43. The van der Waals surface area contributed by atoms with E-state index in [-0.39, 0.29) is 17.4 Å². The molecule has 2 heterocycles. The van der Waals surface area contributed by atoms with Gasteiger partial charge in [-0.25, -0.2) is 4.98 Å². The minimum absolute atomic E-state index is 0.00325. The summed E-state index contributed by atoms with van der Waals surface area (Å²) in [6.45, 7) is 1.59. The average molecular weight is 468 g/mol. The Morgan fingerprint density at radius 3 is 2.97 bits per heavy atom. The van der Waals surface area contributed by atoms with Crippen LogP contribution in [0.3, 0.4) is 0 Å². The van der Waals surface area contributed by atoms with Crippen molar-refractivity contribution in [2.24, 2.45) is 0 Å². The summed E-state index contributed by atoms with van der Waals surface area (Å²) in [5, 5.41) is 4.15. The summed E-state index contributed by atoms with van der Waals surface area (Å²) in [7, 11) is 1.64. The van der Waals surface area contributed by atoms with Crippen molar-refractivity contribution in [1.29, 1.82) is 0 Å². The van der Waals surface area contributed by atoms with Crippen LogP contribution >= 0.6 is 11.3 Å². The van der Waals surface area contributed by atoms with Crippen LogP contribution in [-0.4, -0.2) is 35.7 Å². The van der Waals surface area contributed by atoms with Gasteiger partial charge in [-0.05, 0) is 48.9 Å². The highest BCUT2D eigenvalue weighted by Crippen LogP contribution is 2.34. The number of nitrogens with one attached hydrogen (secondary N) is 1. The van der Waals surface area contributed by atoms with Crippen LogP contribution in [0.1, 0.15) is 28.8 Å². The number of aromatic nitrogens is 2. The fourth-order valence-electron chi connectivity index (χ4n) is 4.03. The van der Waals surface area contributed by atoms with Crippen molar-refractivity contribution in [3.05, 3.63) is 57.0 Å². The number of hydrogen-bond acceptors (Lipinski definition) is 6. The van der Waals surface area contributed by atoms with E-state index in [1.165, 1.54) is 12.1 Å². The van der Waals surface area contributed by atoms with Crippen LogP contribution in [0.2, 0.25) is 0 Å². The van der Waals surface area contributed by atoms with E-state index in [1.54, 1.807) is 41.5 Å². The van der Waals surface area contributed by atoms with Crippen molar-refractivity contribution in [2.75, 3.05) is 13.7 Å². The maximum atomic E-state index is 13.0. The zero-order valence-electron chi connectivity index (χ0n) is 17.6. The minimum Gasteiger partial charge on any atom is -0.406 e. The Labute approximate surface area is 187 Å². The molecule has 1 atom stereocenters. The molecule has 10 heteroatoms. The summed E-state index contributed by atoms with van der Waals surface area (Å²) in [5.41, 5.74) is 1.80. The number of hydrogen-bond donors (Lipinski definition) is 1. The maximum absolute atomic E-state index is 13.0. The summed E-state index contributed by atoms with van der Waals surface area (Å²) >= 11 is 1.55. The van der Waals surface area contributed by atoms with E-state index in [9.17, 15) is 18.0 Å². The van der Waals surface area contributed by atoms with E-state index in [1.807, 2.05) is 0 Å². The number of aryl methyl sites for hydroxylation is 2. The largest absolute Gasteiger partial charge is 0.573 e. The molecule has 172 valence electrons. The SMILES string of the molecule is COCCCn1cnc2sc3c(c2c1=O)CC[C@H](NCc1cccc(OC(F)(F)F)c1)C3.